The van der Waals surface area contributed by atoms with Crippen LogP contribution >= 0.6 is 11.6 Å². The zero-order valence-electron chi connectivity index (χ0n) is 10.6. The zero-order valence-corrected chi connectivity index (χ0v) is 11.4. The van der Waals surface area contributed by atoms with E-state index in [1.54, 1.807) is 0 Å². The third-order valence-electron chi connectivity index (χ3n) is 3.48. The second-order valence-corrected chi connectivity index (χ2v) is 5.08. The van der Waals surface area contributed by atoms with Crippen LogP contribution in [-0.4, -0.2) is 9.38 Å². The summed E-state index contributed by atoms with van der Waals surface area (Å²) in [7, 11) is 0. The van der Waals surface area contributed by atoms with Gasteiger partial charge in [0.05, 0.1) is 22.2 Å². The van der Waals surface area contributed by atoms with Crippen LogP contribution in [0.15, 0.2) is 66.7 Å². The van der Waals surface area contributed by atoms with Crippen LogP contribution in [0.3, 0.4) is 0 Å². The van der Waals surface area contributed by atoms with E-state index in [-0.39, 0.29) is 0 Å². The number of aromatic nitrogens is 2. The zero-order chi connectivity index (χ0) is 13.5. The molecule has 0 aliphatic carbocycles. The highest BCUT2D eigenvalue weighted by atomic mass is 35.5. The van der Waals surface area contributed by atoms with Crippen molar-refractivity contribution in [2.24, 2.45) is 0 Å². The van der Waals surface area contributed by atoms with Gasteiger partial charge in [-0.15, -0.1) is 0 Å². The minimum atomic E-state index is 0.704. The predicted molar refractivity (Wildman–Crippen MR) is 83.1 cm³/mol. The van der Waals surface area contributed by atoms with Crippen LogP contribution in [0, 0.1) is 0 Å². The van der Waals surface area contributed by atoms with Crippen molar-refractivity contribution in [1.82, 2.24) is 9.38 Å². The molecule has 0 radical (unpaired) electrons. The topological polar surface area (TPSA) is 17.3 Å². The quantitative estimate of drug-likeness (QED) is 0.488. The van der Waals surface area contributed by atoms with Crippen LogP contribution in [0.2, 0.25) is 5.15 Å². The van der Waals surface area contributed by atoms with E-state index in [1.165, 1.54) is 0 Å². The predicted octanol–water partition coefficient (Wildman–Crippen LogP) is 4.81. The van der Waals surface area contributed by atoms with E-state index in [9.17, 15) is 0 Å². The molecular weight excluding hydrogens is 268 g/mol. The van der Waals surface area contributed by atoms with Crippen molar-refractivity contribution in [2.45, 2.75) is 0 Å². The van der Waals surface area contributed by atoms with Gasteiger partial charge < -0.3 is 0 Å². The Kier molecular flexibility index (Phi) is 2.51. The first-order chi connectivity index (χ1) is 9.84. The minimum absolute atomic E-state index is 0.704. The Balaban J connectivity index is 2.20. The van der Waals surface area contributed by atoms with Gasteiger partial charge in [-0.2, -0.15) is 0 Å². The van der Waals surface area contributed by atoms with Crippen LogP contribution in [0.25, 0.3) is 27.8 Å². The largest absolute Gasteiger partial charge is 0.296 e. The molecule has 0 saturated carbocycles. The van der Waals surface area contributed by atoms with Gasteiger partial charge in [0.25, 0.3) is 0 Å². The van der Waals surface area contributed by atoms with E-state index >= 15 is 0 Å². The number of para-hydroxylation sites is 2. The van der Waals surface area contributed by atoms with Crippen LogP contribution in [0.4, 0.5) is 0 Å². The molecule has 2 aromatic carbocycles. The summed E-state index contributed by atoms with van der Waals surface area (Å²) >= 11 is 6.35. The Bertz CT molecular complexity index is 910. The molecule has 0 saturated heterocycles. The number of fused-ring (bicyclic) bond motifs is 3. The maximum atomic E-state index is 6.35. The third kappa shape index (κ3) is 1.62. The fourth-order valence-electron chi connectivity index (χ4n) is 2.58. The van der Waals surface area contributed by atoms with Gasteiger partial charge in [0.15, 0.2) is 0 Å². The maximum absolute atomic E-state index is 6.35. The molecule has 2 heterocycles. The van der Waals surface area contributed by atoms with Crippen molar-refractivity contribution >= 4 is 28.2 Å². The van der Waals surface area contributed by atoms with Gasteiger partial charge in [-0.1, -0.05) is 54.1 Å². The van der Waals surface area contributed by atoms with Crippen molar-refractivity contribution in [3.8, 4) is 11.3 Å². The van der Waals surface area contributed by atoms with Gasteiger partial charge in [-0.25, -0.2) is 4.98 Å². The fourth-order valence-corrected chi connectivity index (χ4v) is 2.82. The number of halogens is 1. The fraction of sp³-hybridized carbons (Fsp3) is 0. The van der Waals surface area contributed by atoms with Crippen LogP contribution in [-0.2, 0) is 0 Å². The maximum Gasteiger partial charge on any atom is 0.114 e. The molecule has 0 atom stereocenters. The average Bonchev–Trinajstić information content (AvgIpc) is 2.90. The molecule has 0 N–H and O–H groups in total. The van der Waals surface area contributed by atoms with E-state index in [0.29, 0.717) is 5.15 Å². The first-order valence-electron chi connectivity index (χ1n) is 6.46. The van der Waals surface area contributed by atoms with Gasteiger partial charge in [0.1, 0.15) is 5.15 Å². The summed E-state index contributed by atoms with van der Waals surface area (Å²) in [5.74, 6) is 0. The van der Waals surface area contributed by atoms with E-state index in [0.717, 1.165) is 27.8 Å². The summed E-state index contributed by atoms with van der Waals surface area (Å²) < 4.78 is 2.05. The normalized spacial score (nSPS) is 11.2. The average molecular weight is 279 g/mol. The molecule has 0 aliphatic rings. The number of hydrogen-bond acceptors (Lipinski definition) is 1. The molecular formula is C17H11ClN2. The van der Waals surface area contributed by atoms with E-state index in [2.05, 4.69) is 12.1 Å². The molecule has 0 unspecified atom stereocenters. The highest BCUT2D eigenvalue weighted by Gasteiger charge is 2.11. The highest BCUT2D eigenvalue weighted by molar-refractivity contribution is 6.30. The van der Waals surface area contributed by atoms with Crippen LogP contribution in [0.1, 0.15) is 0 Å². The Labute approximate surface area is 121 Å². The summed E-state index contributed by atoms with van der Waals surface area (Å²) in [5, 5.41) is 0.704. The number of nitrogens with zero attached hydrogens (tertiary/aromatic N) is 2. The summed E-state index contributed by atoms with van der Waals surface area (Å²) in [4.78, 5) is 4.81. The molecule has 96 valence electrons. The van der Waals surface area contributed by atoms with Gasteiger partial charge in [0, 0.05) is 5.56 Å². The Hall–Kier alpha value is -2.32. The first kappa shape index (κ1) is 11.5. The Morgan fingerprint density at radius 1 is 0.750 bits per heavy atom. The second kappa shape index (κ2) is 4.36. The molecule has 4 rings (SSSR count). The lowest BCUT2D eigenvalue weighted by atomic mass is 10.1. The highest BCUT2D eigenvalue weighted by Crippen LogP contribution is 2.29. The van der Waals surface area contributed by atoms with Gasteiger partial charge in [0.2, 0.25) is 0 Å². The molecule has 0 spiro atoms. The number of hydrogen-bond donors (Lipinski definition) is 0. The lowest BCUT2D eigenvalue weighted by molar-refractivity contribution is 1.23. The Morgan fingerprint density at radius 3 is 2.35 bits per heavy atom. The molecule has 0 aliphatic heterocycles. The first-order valence-corrected chi connectivity index (χ1v) is 6.83. The van der Waals surface area contributed by atoms with E-state index in [1.807, 2.05) is 59.0 Å². The van der Waals surface area contributed by atoms with Gasteiger partial charge in [-0.05, 0) is 24.3 Å². The van der Waals surface area contributed by atoms with Crippen molar-refractivity contribution in [1.29, 1.82) is 0 Å². The van der Waals surface area contributed by atoms with Gasteiger partial charge >= 0.3 is 0 Å². The SMILES string of the molecule is Clc1ccc2c(-c3ccccc3)nc3ccccc3n12. The second-order valence-electron chi connectivity index (χ2n) is 4.69. The standard InChI is InChI=1S/C17H11ClN2/c18-16-11-10-15-17(12-6-2-1-3-7-12)19-13-8-4-5-9-14(13)20(15)16/h1-11H. The molecule has 0 amide bonds. The van der Waals surface area contributed by atoms with Gasteiger partial charge in [-0.3, -0.25) is 4.40 Å². The van der Waals surface area contributed by atoms with E-state index in [4.69, 9.17) is 16.6 Å². The van der Waals surface area contributed by atoms with Crippen molar-refractivity contribution in [3.05, 3.63) is 71.9 Å². The van der Waals surface area contributed by atoms with Crippen molar-refractivity contribution < 1.29 is 0 Å². The van der Waals surface area contributed by atoms with Crippen LogP contribution < -0.4 is 0 Å². The van der Waals surface area contributed by atoms with Crippen LogP contribution in [0.5, 0.6) is 0 Å². The molecule has 2 nitrogen and oxygen atoms in total. The molecule has 0 bridgehead atoms. The lowest BCUT2D eigenvalue weighted by Gasteiger charge is -2.09. The summed E-state index contributed by atoms with van der Waals surface area (Å²) in [6, 6.07) is 22.2. The molecule has 4 aromatic rings. The van der Waals surface area contributed by atoms with Crippen molar-refractivity contribution in [3.63, 3.8) is 0 Å². The summed E-state index contributed by atoms with van der Waals surface area (Å²) in [6.45, 7) is 0. The lowest BCUT2D eigenvalue weighted by Crippen LogP contribution is -1.95. The molecule has 20 heavy (non-hydrogen) atoms. The third-order valence-corrected chi connectivity index (χ3v) is 3.77. The monoisotopic (exact) mass is 278 g/mol. The molecule has 3 heteroatoms. The smallest absolute Gasteiger partial charge is 0.114 e. The molecule has 0 fully saturated rings. The number of benzene rings is 2. The Morgan fingerprint density at radius 2 is 1.50 bits per heavy atom. The van der Waals surface area contributed by atoms with E-state index < -0.39 is 0 Å². The van der Waals surface area contributed by atoms with Crippen molar-refractivity contribution in [2.75, 3.05) is 0 Å². The summed E-state index contributed by atoms with van der Waals surface area (Å²) in [6.07, 6.45) is 0. The minimum Gasteiger partial charge on any atom is -0.296 e. The molecule has 2 aromatic heterocycles. The summed E-state index contributed by atoms with van der Waals surface area (Å²) in [5.41, 5.74) is 5.04. The number of rotatable bonds is 1.